The fraction of sp³-hybridized carbons (Fsp3) is 0.455. The van der Waals surface area contributed by atoms with Gasteiger partial charge < -0.3 is 20.8 Å². The molecule has 92 valence electrons. The van der Waals surface area contributed by atoms with Crippen LogP contribution in [0.3, 0.4) is 0 Å². The summed E-state index contributed by atoms with van der Waals surface area (Å²) < 4.78 is 0. The first-order valence-corrected chi connectivity index (χ1v) is 5.29. The summed E-state index contributed by atoms with van der Waals surface area (Å²) in [6.07, 6.45) is -1.28. The predicted octanol–water partition coefficient (Wildman–Crippen LogP) is 0.648. The van der Waals surface area contributed by atoms with Crippen LogP contribution in [0.4, 0.5) is 11.6 Å². The van der Waals surface area contributed by atoms with Crippen LogP contribution in [0.5, 0.6) is 0 Å². The van der Waals surface area contributed by atoms with Crippen LogP contribution < -0.4 is 10.6 Å². The van der Waals surface area contributed by atoms with Crippen molar-refractivity contribution in [3.63, 3.8) is 0 Å². The molecule has 0 radical (unpaired) electrons. The molecule has 17 heavy (non-hydrogen) atoms. The van der Waals surface area contributed by atoms with Crippen LogP contribution in [0.25, 0.3) is 0 Å². The average molecular weight is 236 g/mol. The van der Waals surface area contributed by atoms with E-state index in [0.717, 1.165) is 0 Å². The molecule has 0 saturated heterocycles. The maximum Gasteiger partial charge on any atom is 0.134 e. The maximum absolute atomic E-state index is 9.27. The van der Waals surface area contributed by atoms with Crippen LogP contribution in [0.15, 0.2) is 12.1 Å². The summed E-state index contributed by atoms with van der Waals surface area (Å²) in [5.74, 6) is 0.914. The van der Waals surface area contributed by atoms with E-state index in [2.05, 4.69) is 15.6 Å². The van der Waals surface area contributed by atoms with Gasteiger partial charge in [0.2, 0.25) is 0 Å². The second-order valence-corrected chi connectivity index (χ2v) is 3.68. The number of nitrogens with zero attached hydrogens (tertiary/aromatic N) is 2. The van der Waals surface area contributed by atoms with Gasteiger partial charge in [-0.3, -0.25) is 0 Å². The van der Waals surface area contributed by atoms with Crippen molar-refractivity contribution in [1.29, 1.82) is 5.26 Å². The molecular formula is C11H16N4O2. The lowest BCUT2D eigenvalue weighted by Gasteiger charge is -2.14. The normalized spacial score (nSPS) is 13.6. The Hall–Kier alpha value is -1.84. The van der Waals surface area contributed by atoms with Crippen LogP contribution in [-0.2, 0) is 6.42 Å². The van der Waals surface area contributed by atoms with Crippen molar-refractivity contribution in [2.45, 2.75) is 32.7 Å². The lowest BCUT2D eigenvalue weighted by Crippen LogP contribution is -2.18. The molecule has 0 aromatic carbocycles. The summed E-state index contributed by atoms with van der Waals surface area (Å²) in [4.78, 5) is 4.18. The van der Waals surface area contributed by atoms with Crippen molar-refractivity contribution in [2.75, 3.05) is 10.6 Å². The molecule has 0 spiro atoms. The van der Waals surface area contributed by atoms with Crippen molar-refractivity contribution in [3.8, 4) is 6.07 Å². The molecule has 0 saturated carbocycles. The Labute approximate surface area is 99.9 Å². The topological polar surface area (TPSA) is 101 Å². The van der Waals surface area contributed by atoms with Gasteiger partial charge in [0.25, 0.3) is 0 Å². The average Bonchev–Trinajstić information content (AvgIpc) is 2.20. The van der Waals surface area contributed by atoms with E-state index >= 15 is 0 Å². The Morgan fingerprint density at radius 3 is 2.47 bits per heavy atom. The fourth-order valence-corrected chi connectivity index (χ4v) is 1.33. The first-order chi connectivity index (χ1) is 8.02. The van der Waals surface area contributed by atoms with Crippen molar-refractivity contribution < 1.29 is 10.2 Å². The molecule has 0 aliphatic rings. The highest BCUT2D eigenvalue weighted by Gasteiger charge is 2.08. The molecule has 2 unspecified atom stereocenters. The molecular weight excluding hydrogens is 220 g/mol. The summed E-state index contributed by atoms with van der Waals surface area (Å²) in [6, 6.07) is 5.43. The van der Waals surface area contributed by atoms with Crippen molar-refractivity contribution >= 4 is 11.6 Å². The van der Waals surface area contributed by atoms with Crippen LogP contribution in [0.2, 0.25) is 0 Å². The Morgan fingerprint density at radius 1 is 1.29 bits per heavy atom. The summed E-state index contributed by atoms with van der Waals surface area (Å²) in [6.45, 7) is 3.14. The number of hydrogen-bond donors (Lipinski definition) is 4. The smallest absolute Gasteiger partial charge is 0.134 e. The third-order valence-corrected chi connectivity index (χ3v) is 1.95. The fourth-order valence-electron chi connectivity index (χ4n) is 1.33. The minimum Gasteiger partial charge on any atom is -0.374 e. The molecule has 6 nitrogen and oxygen atoms in total. The molecule has 0 amide bonds. The highest BCUT2D eigenvalue weighted by molar-refractivity contribution is 5.52. The second-order valence-electron chi connectivity index (χ2n) is 3.68. The quantitative estimate of drug-likeness (QED) is 0.560. The van der Waals surface area contributed by atoms with Gasteiger partial charge in [-0.15, -0.1) is 0 Å². The molecule has 1 rings (SSSR count). The number of aliphatic hydroxyl groups excluding tert-OH is 2. The summed E-state index contributed by atoms with van der Waals surface area (Å²) >= 11 is 0. The zero-order chi connectivity index (χ0) is 12.8. The Balaban J connectivity index is 2.97. The third-order valence-electron chi connectivity index (χ3n) is 1.95. The van der Waals surface area contributed by atoms with Gasteiger partial charge in [-0.25, -0.2) is 4.98 Å². The molecule has 0 aliphatic heterocycles. The van der Waals surface area contributed by atoms with E-state index in [9.17, 15) is 10.2 Å². The van der Waals surface area contributed by atoms with Crippen LogP contribution in [0.1, 0.15) is 19.4 Å². The molecule has 0 aliphatic carbocycles. The van der Waals surface area contributed by atoms with Crippen LogP contribution in [0, 0.1) is 11.3 Å². The molecule has 6 heteroatoms. The number of hydrogen-bond acceptors (Lipinski definition) is 6. The Kier molecular flexibility index (Phi) is 4.69. The van der Waals surface area contributed by atoms with E-state index in [0.29, 0.717) is 17.2 Å². The summed E-state index contributed by atoms with van der Waals surface area (Å²) in [5.41, 5.74) is 0.699. The summed E-state index contributed by atoms with van der Waals surface area (Å²) in [5, 5.41) is 32.6. The number of anilines is 2. The van der Waals surface area contributed by atoms with E-state index in [-0.39, 0.29) is 6.42 Å². The van der Waals surface area contributed by atoms with Gasteiger partial charge in [-0.2, -0.15) is 5.26 Å². The number of rotatable bonds is 5. The summed E-state index contributed by atoms with van der Waals surface area (Å²) in [7, 11) is 0. The predicted molar refractivity (Wildman–Crippen MR) is 64.2 cm³/mol. The van der Waals surface area contributed by atoms with Gasteiger partial charge in [0.15, 0.2) is 0 Å². The number of aromatic nitrogens is 1. The van der Waals surface area contributed by atoms with E-state index in [1.165, 1.54) is 0 Å². The van der Waals surface area contributed by atoms with Crippen molar-refractivity contribution in [2.24, 2.45) is 0 Å². The maximum atomic E-state index is 9.27. The van der Waals surface area contributed by atoms with Gasteiger partial charge in [-0.05, 0) is 19.9 Å². The Bertz CT molecular complexity index is 412. The molecule has 1 aromatic heterocycles. The number of aliphatic hydroxyl groups is 2. The zero-order valence-corrected chi connectivity index (χ0v) is 9.81. The highest BCUT2D eigenvalue weighted by atomic mass is 16.3. The van der Waals surface area contributed by atoms with Gasteiger partial charge >= 0.3 is 0 Å². The van der Waals surface area contributed by atoms with Crippen molar-refractivity contribution in [1.82, 2.24) is 4.98 Å². The number of nitrogens with one attached hydrogen (secondary N) is 2. The second kappa shape index (κ2) is 6.03. The monoisotopic (exact) mass is 236 g/mol. The molecule has 1 aromatic rings. The lowest BCUT2D eigenvalue weighted by molar-refractivity contribution is 0.223. The SMILES string of the molecule is CC(O)Nc1ccc(CC#N)c(NC(C)O)n1. The first kappa shape index (κ1) is 13.2. The van der Waals surface area contributed by atoms with Crippen LogP contribution in [-0.4, -0.2) is 27.7 Å². The molecule has 4 N–H and O–H groups in total. The number of pyridine rings is 1. The number of nitriles is 1. The Morgan fingerprint density at radius 2 is 1.94 bits per heavy atom. The third kappa shape index (κ3) is 4.26. The van der Waals surface area contributed by atoms with Gasteiger partial charge in [0, 0.05) is 5.56 Å². The zero-order valence-electron chi connectivity index (χ0n) is 9.81. The molecule has 0 fully saturated rings. The van der Waals surface area contributed by atoms with Gasteiger partial charge in [0.05, 0.1) is 12.5 Å². The molecule has 1 heterocycles. The van der Waals surface area contributed by atoms with E-state index in [4.69, 9.17) is 5.26 Å². The first-order valence-electron chi connectivity index (χ1n) is 5.29. The molecule has 0 bridgehead atoms. The van der Waals surface area contributed by atoms with E-state index in [1.54, 1.807) is 26.0 Å². The largest absolute Gasteiger partial charge is 0.374 e. The molecule has 2 atom stereocenters. The highest BCUT2D eigenvalue weighted by Crippen LogP contribution is 2.17. The van der Waals surface area contributed by atoms with Gasteiger partial charge in [-0.1, -0.05) is 6.07 Å². The van der Waals surface area contributed by atoms with Crippen LogP contribution >= 0.6 is 0 Å². The lowest BCUT2D eigenvalue weighted by atomic mass is 10.2. The minimum absolute atomic E-state index is 0.205. The van der Waals surface area contributed by atoms with E-state index in [1.807, 2.05) is 6.07 Å². The standard InChI is InChI=1S/C11H16N4O2/c1-7(16)13-10-4-3-9(5-6-12)11(15-10)14-8(2)17/h3-4,7-8,16-17H,5H2,1-2H3,(H2,13,14,15). The minimum atomic E-state index is -0.762. The van der Waals surface area contributed by atoms with E-state index < -0.39 is 12.5 Å². The van der Waals surface area contributed by atoms with Gasteiger partial charge in [0.1, 0.15) is 24.1 Å². The van der Waals surface area contributed by atoms with Crippen molar-refractivity contribution in [3.05, 3.63) is 17.7 Å².